The van der Waals surface area contributed by atoms with Crippen molar-refractivity contribution in [2.45, 2.75) is 20.4 Å². The maximum Gasteiger partial charge on any atom is 0.0491 e. The minimum Gasteiger partial charge on any atom is -0.341 e. The van der Waals surface area contributed by atoms with E-state index in [1.165, 1.54) is 37.1 Å². The highest BCUT2D eigenvalue weighted by Crippen LogP contribution is 2.34. The Balaban J connectivity index is 2.05. The van der Waals surface area contributed by atoms with E-state index in [1.807, 2.05) is 11.3 Å². The van der Waals surface area contributed by atoms with Gasteiger partial charge in [0.15, 0.2) is 0 Å². The predicted molar refractivity (Wildman–Crippen MR) is 93.2 cm³/mol. The maximum absolute atomic E-state index is 2.40. The number of aromatic nitrogens is 1. The first-order valence-corrected chi connectivity index (χ1v) is 8.17. The molecule has 0 fully saturated rings. The van der Waals surface area contributed by atoms with Crippen LogP contribution in [0.15, 0.2) is 54.6 Å². The van der Waals surface area contributed by atoms with Gasteiger partial charge in [0.05, 0.1) is 0 Å². The average Bonchev–Trinajstić information content (AvgIpc) is 3.08. The van der Waals surface area contributed by atoms with Crippen LogP contribution >= 0.6 is 11.3 Å². The second-order valence-corrected chi connectivity index (χ2v) is 6.69. The first-order valence-electron chi connectivity index (χ1n) is 7.35. The Morgan fingerprint density at radius 2 is 1.71 bits per heavy atom. The lowest BCUT2D eigenvalue weighted by Crippen LogP contribution is -1.92. The van der Waals surface area contributed by atoms with E-state index < -0.39 is 0 Å². The minimum absolute atomic E-state index is 1.00. The Morgan fingerprint density at radius 3 is 2.48 bits per heavy atom. The quantitative estimate of drug-likeness (QED) is 0.436. The molecule has 2 heteroatoms. The van der Waals surface area contributed by atoms with Crippen molar-refractivity contribution in [1.29, 1.82) is 0 Å². The monoisotopic (exact) mass is 291 g/mol. The standard InChI is InChI=1S/C19H17NS/c1-3-20-17-7-5-4-6-15(17)16-12-14(9-10-18(16)20)19-11-8-13(2)21-19/h4-12H,3H2,1-2H3. The normalized spacial score (nSPS) is 11.5. The van der Waals surface area contributed by atoms with Crippen LogP contribution in [0.25, 0.3) is 32.2 Å². The molecule has 2 heterocycles. The Hall–Kier alpha value is -2.06. The molecule has 104 valence electrons. The SMILES string of the molecule is CCn1c2ccccc2c2cc(-c3ccc(C)s3)ccc21. The fourth-order valence-electron chi connectivity index (χ4n) is 3.14. The van der Waals surface area contributed by atoms with Gasteiger partial charge in [-0.05, 0) is 49.7 Å². The molecule has 0 saturated heterocycles. The second-order valence-electron chi connectivity index (χ2n) is 5.40. The van der Waals surface area contributed by atoms with Gasteiger partial charge < -0.3 is 4.57 Å². The predicted octanol–water partition coefficient (Wildman–Crippen LogP) is 5.85. The summed E-state index contributed by atoms with van der Waals surface area (Å²) < 4.78 is 2.40. The van der Waals surface area contributed by atoms with Crippen LogP contribution in [-0.4, -0.2) is 4.57 Å². The van der Waals surface area contributed by atoms with Gasteiger partial charge in [-0.3, -0.25) is 0 Å². The van der Waals surface area contributed by atoms with E-state index in [9.17, 15) is 0 Å². The number of benzene rings is 2. The number of para-hydroxylation sites is 1. The van der Waals surface area contributed by atoms with Crippen molar-refractivity contribution in [3.05, 3.63) is 59.5 Å². The minimum atomic E-state index is 1.00. The lowest BCUT2D eigenvalue weighted by atomic mass is 10.1. The Bertz CT molecular complexity index is 943. The van der Waals surface area contributed by atoms with E-state index in [2.05, 4.69) is 73.0 Å². The first-order chi connectivity index (χ1) is 10.3. The van der Waals surface area contributed by atoms with E-state index in [-0.39, 0.29) is 0 Å². The maximum atomic E-state index is 2.40. The number of hydrogen-bond acceptors (Lipinski definition) is 1. The zero-order chi connectivity index (χ0) is 14.4. The number of nitrogens with zero attached hydrogens (tertiary/aromatic N) is 1. The van der Waals surface area contributed by atoms with Crippen LogP contribution in [0.3, 0.4) is 0 Å². The molecule has 0 saturated carbocycles. The zero-order valence-corrected chi connectivity index (χ0v) is 13.1. The number of aryl methyl sites for hydroxylation is 2. The third kappa shape index (κ3) is 1.90. The molecule has 0 bridgehead atoms. The van der Waals surface area contributed by atoms with Gasteiger partial charge in [-0.15, -0.1) is 11.3 Å². The number of fused-ring (bicyclic) bond motifs is 3. The summed E-state index contributed by atoms with van der Waals surface area (Å²) in [6.45, 7) is 5.37. The van der Waals surface area contributed by atoms with Crippen LogP contribution in [0.2, 0.25) is 0 Å². The Kier molecular flexibility index (Phi) is 2.86. The molecule has 1 nitrogen and oxygen atoms in total. The smallest absolute Gasteiger partial charge is 0.0491 e. The van der Waals surface area contributed by atoms with Crippen molar-refractivity contribution in [3.63, 3.8) is 0 Å². The first kappa shape index (κ1) is 12.7. The van der Waals surface area contributed by atoms with Crippen LogP contribution in [-0.2, 0) is 6.54 Å². The summed E-state index contributed by atoms with van der Waals surface area (Å²) in [6.07, 6.45) is 0. The van der Waals surface area contributed by atoms with E-state index >= 15 is 0 Å². The molecule has 0 unspecified atom stereocenters. The van der Waals surface area contributed by atoms with Gasteiger partial charge in [0.1, 0.15) is 0 Å². The van der Waals surface area contributed by atoms with Gasteiger partial charge in [0.2, 0.25) is 0 Å². The molecule has 0 radical (unpaired) electrons. The molecule has 0 aliphatic carbocycles. The van der Waals surface area contributed by atoms with Gasteiger partial charge in [0.25, 0.3) is 0 Å². The highest BCUT2D eigenvalue weighted by Gasteiger charge is 2.10. The average molecular weight is 291 g/mol. The molecule has 0 amide bonds. The number of thiophene rings is 1. The molecular formula is C19H17NS. The highest BCUT2D eigenvalue weighted by atomic mass is 32.1. The molecule has 2 aromatic carbocycles. The van der Waals surface area contributed by atoms with Gasteiger partial charge >= 0.3 is 0 Å². The summed E-state index contributed by atoms with van der Waals surface area (Å²) in [5.74, 6) is 0. The van der Waals surface area contributed by atoms with Gasteiger partial charge in [-0.25, -0.2) is 0 Å². The summed E-state index contributed by atoms with van der Waals surface area (Å²) >= 11 is 1.86. The third-order valence-electron chi connectivity index (χ3n) is 4.11. The molecule has 4 aromatic rings. The summed E-state index contributed by atoms with van der Waals surface area (Å²) in [4.78, 5) is 2.71. The fourth-order valence-corrected chi connectivity index (χ4v) is 4.00. The summed E-state index contributed by atoms with van der Waals surface area (Å²) in [5.41, 5.74) is 3.98. The van der Waals surface area contributed by atoms with Crippen LogP contribution in [0, 0.1) is 6.92 Å². The molecule has 21 heavy (non-hydrogen) atoms. The van der Waals surface area contributed by atoms with Crippen LogP contribution in [0.1, 0.15) is 11.8 Å². The number of hydrogen-bond donors (Lipinski definition) is 0. The topological polar surface area (TPSA) is 4.93 Å². The molecule has 0 aliphatic rings. The van der Waals surface area contributed by atoms with E-state index in [0.29, 0.717) is 0 Å². The van der Waals surface area contributed by atoms with Gasteiger partial charge in [0, 0.05) is 38.1 Å². The summed E-state index contributed by atoms with van der Waals surface area (Å²) in [7, 11) is 0. The Morgan fingerprint density at radius 1 is 0.905 bits per heavy atom. The van der Waals surface area contributed by atoms with Crippen molar-refractivity contribution in [1.82, 2.24) is 4.57 Å². The Labute approximate surface area is 128 Å². The van der Waals surface area contributed by atoms with Gasteiger partial charge in [-0.1, -0.05) is 24.3 Å². The summed E-state index contributed by atoms with van der Waals surface area (Å²) in [5, 5.41) is 2.71. The van der Waals surface area contributed by atoms with Crippen molar-refractivity contribution >= 4 is 33.1 Å². The molecular weight excluding hydrogens is 274 g/mol. The van der Waals surface area contributed by atoms with E-state index in [4.69, 9.17) is 0 Å². The number of rotatable bonds is 2. The molecule has 4 rings (SSSR count). The largest absolute Gasteiger partial charge is 0.341 e. The van der Waals surface area contributed by atoms with Crippen LogP contribution < -0.4 is 0 Å². The van der Waals surface area contributed by atoms with Crippen LogP contribution in [0.5, 0.6) is 0 Å². The molecule has 0 N–H and O–H groups in total. The van der Waals surface area contributed by atoms with E-state index in [1.54, 1.807) is 0 Å². The fraction of sp³-hybridized carbons (Fsp3) is 0.158. The lowest BCUT2D eigenvalue weighted by molar-refractivity contribution is 0.827. The molecule has 0 spiro atoms. The molecule has 0 aliphatic heterocycles. The summed E-state index contributed by atoms with van der Waals surface area (Å²) in [6, 6.07) is 20.0. The van der Waals surface area contributed by atoms with Crippen molar-refractivity contribution in [2.75, 3.05) is 0 Å². The molecule has 0 atom stereocenters. The highest BCUT2D eigenvalue weighted by molar-refractivity contribution is 7.15. The van der Waals surface area contributed by atoms with Gasteiger partial charge in [-0.2, -0.15) is 0 Å². The van der Waals surface area contributed by atoms with Crippen molar-refractivity contribution < 1.29 is 0 Å². The zero-order valence-electron chi connectivity index (χ0n) is 12.3. The van der Waals surface area contributed by atoms with Crippen molar-refractivity contribution in [3.8, 4) is 10.4 Å². The molecule has 2 aromatic heterocycles. The lowest BCUT2D eigenvalue weighted by Gasteiger charge is -2.03. The third-order valence-corrected chi connectivity index (χ3v) is 5.16. The second kappa shape index (κ2) is 4.74. The van der Waals surface area contributed by atoms with Crippen LogP contribution in [0.4, 0.5) is 0 Å². The van der Waals surface area contributed by atoms with Crippen molar-refractivity contribution in [2.24, 2.45) is 0 Å². The van der Waals surface area contributed by atoms with E-state index in [0.717, 1.165) is 6.54 Å².